The summed E-state index contributed by atoms with van der Waals surface area (Å²) in [5.41, 5.74) is 6.28. The monoisotopic (exact) mass is 283 g/mol. The van der Waals surface area contributed by atoms with Crippen LogP contribution in [0.25, 0.3) is 10.2 Å². The van der Waals surface area contributed by atoms with Gasteiger partial charge in [0.25, 0.3) is 5.56 Å². The van der Waals surface area contributed by atoms with Crippen molar-refractivity contribution in [2.24, 2.45) is 0 Å². The number of thiophene rings is 1. The number of thiocarbonyl (C=S) groups is 1. The zero-order valence-corrected chi connectivity index (χ0v) is 11.8. The Labute approximate surface area is 113 Å². The number of H-pyrrole nitrogens is 1. The summed E-state index contributed by atoms with van der Waals surface area (Å²) in [6.07, 6.45) is 0. The van der Waals surface area contributed by atoms with Gasteiger partial charge < -0.3 is 5.32 Å². The van der Waals surface area contributed by atoms with Crippen molar-refractivity contribution in [2.45, 2.75) is 13.8 Å². The van der Waals surface area contributed by atoms with E-state index in [9.17, 15) is 4.79 Å². The number of rotatable bonds is 2. The Balaban J connectivity index is 2.38. The number of hydrogen-bond acceptors (Lipinski definition) is 5. The molecule has 8 heteroatoms. The molecule has 4 N–H and O–H groups in total. The van der Waals surface area contributed by atoms with Gasteiger partial charge in [0.05, 0.1) is 5.39 Å². The summed E-state index contributed by atoms with van der Waals surface area (Å²) in [5.74, 6) is 0.339. The molecule has 0 aromatic carbocycles. The Morgan fingerprint density at radius 1 is 1.44 bits per heavy atom. The lowest BCUT2D eigenvalue weighted by Gasteiger charge is -2.08. The summed E-state index contributed by atoms with van der Waals surface area (Å²) < 4.78 is 0. The SMILES string of the molecule is CNC(=S)NNc1nc2sc(C)c(C)c2c(=O)[nH]1. The van der Waals surface area contributed by atoms with E-state index in [1.807, 2.05) is 13.8 Å². The van der Waals surface area contributed by atoms with Crippen LogP contribution in [-0.2, 0) is 0 Å². The molecule has 0 aliphatic heterocycles. The zero-order valence-electron chi connectivity index (χ0n) is 10.2. The first-order valence-electron chi connectivity index (χ1n) is 5.26. The number of hydrazine groups is 1. The number of hydrogen-bond donors (Lipinski definition) is 4. The van der Waals surface area contributed by atoms with Crippen LogP contribution in [0, 0.1) is 13.8 Å². The molecule has 0 unspecified atom stereocenters. The highest BCUT2D eigenvalue weighted by atomic mass is 32.1. The predicted octanol–water partition coefficient (Wildman–Crippen LogP) is 1.02. The van der Waals surface area contributed by atoms with Crippen molar-refractivity contribution in [3.8, 4) is 0 Å². The minimum absolute atomic E-state index is 0.151. The van der Waals surface area contributed by atoms with E-state index in [4.69, 9.17) is 12.2 Å². The largest absolute Gasteiger partial charge is 0.364 e. The van der Waals surface area contributed by atoms with Gasteiger partial charge in [-0.15, -0.1) is 11.3 Å². The number of fused-ring (bicyclic) bond motifs is 1. The lowest BCUT2D eigenvalue weighted by atomic mass is 10.2. The molecule has 0 spiro atoms. The summed E-state index contributed by atoms with van der Waals surface area (Å²) in [7, 11) is 1.70. The van der Waals surface area contributed by atoms with Crippen molar-refractivity contribution in [2.75, 3.05) is 12.5 Å². The Bertz CT molecular complexity index is 660. The maximum Gasteiger partial charge on any atom is 0.261 e. The van der Waals surface area contributed by atoms with Crippen LogP contribution in [0.4, 0.5) is 5.95 Å². The van der Waals surface area contributed by atoms with Gasteiger partial charge in [-0.2, -0.15) is 0 Å². The maximum absolute atomic E-state index is 11.9. The molecule has 0 bridgehead atoms. The molecule has 2 rings (SSSR count). The quantitative estimate of drug-likeness (QED) is 0.487. The van der Waals surface area contributed by atoms with Crippen molar-refractivity contribution in [3.05, 3.63) is 20.8 Å². The van der Waals surface area contributed by atoms with E-state index in [1.165, 1.54) is 11.3 Å². The van der Waals surface area contributed by atoms with Gasteiger partial charge in [0.1, 0.15) is 4.83 Å². The van der Waals surface area contributed by atoms with Gasteiger partial charge in [0.15, 0.2) is 5.11 Å². The van der Waals surface area contributed by atoms with E-state index in [-0.39, 0.29) is 5.56 Å². The van der Waals surface area contributed by atoms with E-state index in [2.05, 4.69) is 26.1 Å². The van der Waals surface area contributed by atoms with Crippen LogP contribution in [-0.4, -0.2) is 22.1 Å². The minimum Gasteiger partial charge on any atom is -0.364 e. The summed E-state index contributed by atoms with van der Waals surface area (Å²) in [6, 6.07) is 0. The fraction of sp³-hybridized carbons (Fsp3) is 0.300. The molecule has 0 fully saturated rings. The number of anilines is 1. The molecule has 0 saturated heterocycles. The standard InChI is InChI=1S/C10H13N5OS2/c1-4-5(2)18-8-6(4)7(16)12-9(13-8)14-15-10(17)11-3/h1-3H3,(H2,11,15,17)(H2,12,13,14,16). The number of aryl methyl sites for hydroxylation is 2. The van der Waals surface area contributed by atoms with Crippen molar-refractivity contribution in [3.63, 3.8) is 0 Å². The van der Waals surface area contributed by atoms with Gasteiger partial charge in [-0.25, -0.2) is 4.98 Å². The second-order valence-corrected chi connectivity index (χ2v) is 5.32. The van der Waals surface area contributed by atoms with Crippen LogP contribution in [0.1, 0.15) is 10.4 Å². The van der Waals surface area contributed by atoms with Crippen LogP contribution in [0.2, 0.25) is 0 Å². The molecule has 0 amide bonds. The molecular formula is C10H13N5OS2. The van der Waals surface area contributed by atoms with Crippen LogP contribution >= 0.6 is 23.6 Å². The molecule has 2 heterocycles. The Kier molecular flexibility index (Phi) is 3.48. The maximum atomic E-state index is 11.9. The molecule has 18 heavy (non-hydrogen) atoms. The third kappa shape index (κ3) is 2.29. The Morgan fingerprint density at radius 3 is 2.83 bits per heavy atom. The van der Waals surface area contributed by atoms with Crippen LogP contribution < -0.4 is 21.7 Å². The predicted molar refractivity (Wildman–Crippen MR) is 78.1 cm³/mol. The topological polar surface area (TPSA) is 81.8 Å². The molecular weight excluding hydrogens is 270 g/mol. The lowest BCUT2D eigenvalue weighted by Crippen LogP contribution is -2.37. The van der Waals surface area contributed by atoms with Crippen molar-refractivity contribution in [1.29, 1.82) is 0 Å². The second kappa shape index (κ2) is 4.91. The highest BCUT2D eigenvalue weighted by Gasteiger charge is 2.11. The molecule has 2 aromatic heterocycles. The van der Waals surface area contributed by atoms with Crippen LogP contribution in [0.15, 0.2) is 4.79 Å². The average Bonchev–Trinajstić information content (AvgIpc) is 2.62. The molecule has 0 radical (unpaired) electrons. The molecule has 0 saturated carbocycles. The zero-order chi connectivity index (χ0) is 13.3. The summed E-state index contributed by atoms with van der Waals surface area (Å²) >= 11 is 6.41. The molecule has 2 aromatic rings. The van der Waals surface area contributed by atoms with Gasteiger partial charge in [-0.1, -0.05) is 0 Å². The van der Waals surface area contributed by atoms with Gasteiger partial charge in [-0.05, 0) is 31.6 Å². The van der Waals surface area contributed by atoms with Crippen LogP contribution in [0.3, 0.4) is 0 Å². The molecule has 0 aliphatic rings. The van der Waals surface area contributed by atoms with Crippen molar-refractivity contribution >= 4 is 44.8 Å². The van der Waals surface area contributed by atoms with E-state index in [0.29, 0.717) is 21.3 Å². The number of nitrogens with one attached hydrogen (secondary N) is 4. The van der Waals surface area contributed by atoms with Gasteiger partial charge in [0.2, 0.25) is 5.95 Å². The van der Waals surface area contributed by atoms with Gasteiger partial charge >= 0.3 is 0 Å². The average molecular weight is 283 g/mol. The fourth-order valence-electron chi connectivity index (χ4n) is 1.49. The normalized spacial score (nSPS) is 10.4. The molecule has 96 valence electrons. The number of aromatic nitrogens is 2. The summed E-state index contributed by atoms with van der Waals surface area (Å²) in [4.78, 5) is 20.7. The smallest absolute Gasteiger partial charge is 0.261 e. The van der Waals surface area contributed by atoms with Crippen LogP contribution in [0.5, 0.6) is 0 Å². The van der Waals surface area contributed by atoms with E-state index in [1.54, 1.807) is 7.05 Å². The molecule has 6 nitrogen and oxygen atoms in total. The lowest BCUT2D eigenvalue weighted by molar-refractivity contribution is 0.995. The highest BCUT2D eigenvalue weighted by molar-refractivity contribution is 7.80. The first kappa shape index (κ1) is 12.8. The minimum atomic E-state index is -0.151. The third-order valence-electron chi connectivity index (χ3n) is 2.56. The van der Waals surface area contributed by atoms with E-state index in [0.717, 1.165) is 10.4 Å². The number of nitrogens with zero attached hydrogens (tertiary/aromatic N) is 1. The molecule has 0 aliphatic carbocycles. The van der Waals surface area contributed by atoms with E-state index < -0.39 is 0 Å². The first-order chi connectivity index (χ1) is 8.52. The highest BCUT2D eigenvalue weighted by Crippen LogP contribution is 2.26. The Hall–Kier alpha value is -1.67. The number of aromatic amines is 1. The summed E-state index contributed by atoms with van der Waals surface area (Å²) in [6.45, 7) is 3.90. The molecule has 0 atom stereocenters. The fourth-order valence-corrected chi connectivity index (χ4v) is 2.57. The van der Waals surface area contributed by atoms with Crippen molar-refractivity contribution < 1.29 is 0 Å². The van der Waals surface area contributed by atoms with Gasteiger partial charge in [-0.3, -0.25) is 20.6 Å². The second-order valence-electron chi connectivity index (χ2n) is 3.71. The van der Waals surface area contributed by atoms with Crippen molar-refractivity contribution in [1.82, 2.24) is 20.7 Å². The first-order valence-corrected chi connectivity index (χ1v) is 6.49. The Morgan fingerprint density at radius 2 is 2.17 bits per heavy atom. The van der Waals surface area contributed by atoms with Gasteiger partial charge in [0, 0.05) is 11.9 Å². The summed E-state index contributed by atoms with van der Waals surface area (Å²) in [5, 5.41) is 3.81. The third-order valence-corrected chi connectivity index (χ3v) is 3.97. The van der Waals surface area contributed by atoms with E-state index >= 15 is 0 Å².